The normalized spacial score (nSPS) is 24.3. The van der Waals surface area contributed by atoms with Crippen molar-refractivity contribution >= 4 is 8.32 Å². The molecule has 1 heterocycles. The summed E-state index contributed by atoms with van der Waals surface area (Å²) in [4.78, 5) is 0. The van der Waals surface area contributed by atoms with E-state index in [1.807, 2.05) is 13.8 Å². The maximum atomic E-state index is 6.03. The highest BCUT2D eigenvalue weighted by Gasteiger charge is 2.34. The predicted octanol–water partition coefficient (Wildman–Crippen LogP) is 3.27. The zero-order valence-electron chi connectivity index (χ0n) is 10.9. The van der Waals surface area contributed by atoms with E-state index in [0.29, 0.717) is 13.2 Å². The first-order valence-corrected chi connectivity index (χ1v) is 8.98. The molecular weight excluding hydrogens is 220 g/mol. The van der Waals surface area contributed by atoms with Crippen molar-refractivity contribution in [2.24, 2.45) is 5.41 Å². The van der Waals surface area contributed by atoms with Gasteiger partial charge in [-0.2, -0.15) is 0 Å². The van der Waals surface area contributed by atoms with E-state index >= 15 is 0 Å². The Kier molecular flexibility index (Phi) is 3.73. The standard InChI is InChI=1S/C12H22O3Si/c1-10-12(2,3)11(15-16(4,5)6)9-13-7-8-14-10/h9H,1,7-8H2,2-6H3/b11-9+. The zero-order valence-corrected chi connectivity index (χ0v) is 11.9. The van der Waals surface area contributed by atoms with Crippen LogP contribution in [0.5, 0.6) is 0 Å². The van der Waals surface area contributed by atoms with Crippen molar-refractivity contribution in [2.75, 3.05) is 13.2 Å². The number of hydrogen-bond acceptors (Lipinski definition) is 3. The number of ether oxygens (including phenoxy) is 2. The van der Waals surface area contributed by atoms with E-state index in [9.17, 15) is 0 Å². The van der Waals surface area contributed by atoms with Crippen LogP contribution in [-0.2, 0) is 13.9 Å². The molecule has 0 radical (unpaired) electrons. The second-order valence-corrected chi connectivity index (χ2v) is 9.89. The Hall–Kier alpha value is -0.903. The van der Waals surface area contributed by atoms with E-state index in [4.69, 9.17) is 13.9 Å². The Labute approximate surface area is 99.2 Å². The first kappa shape index (κ1) is 13.2. The van der Waals surface area contributed by atoms with Crippen LogP contribution in [0.25, 0.3) is 0 Å². The number of rotatable bonds is 2. The Morgan fingerprint density at radius 3 is 2.50 bits per heavy atom. The third-order valence-corrected chi connectivity index (χ3v) is 3.23. The van der Waals surface area contributed by atoms with Crippen LogP contribution in [0.1, 0.15) is 13.8 Å². The van der Waals surface area contributed by atoms with Crippen molar-refractivity contribution in [3.05, 3.63) is 24.4 Å². The van der Waals surface area contributed by atoms with Gasteiger partial charge in [0.15, 0.2) is 0 Å². The summed E-state index contributed by atoms with van der Waals surface area (Å²) in [7, 11) is -1.65. The highest BCUT2D eigenvalue weighted by atomic mass is 28.4. The van der Waals surface area contributed by atoms with Gasteiger partial charge in [0.1, 0.15) is 31.0 Å². The Morgan fingerprint density at radius 1 is 1.31 bits per heavy atom. The fourth-order valence-corrected chi connectivity index (χ4v) is 2.26. The van der Waals surface area contributed by atoms with Crippen LogP contribution in [0.2, 0.25) is 19.6 Å². The first-order chi connectivity index (χ1) is 7.23. The molecule has 92 valence electrons. The van der Waals surface area contributed by atoms with Crippen molar-refractivity contribution in [3.8, 4) is 0 Å². The third kappa shape index (κ3) is 3.30. The van der Waals surface area contributed by atoms with Gasteiger partial charge in [-0.05, 0) is 33.5 Å². The summed E-state index contributed by atoms with van der Waals surface area (Å²) >= 11 is 0. The molecule has 0 amide bonds. The molecular formula is C12H22O3Si. The van der Waals surface area contributed by atoms with Crippen LogP contribution in [0.15, 0.2) is 24.4 Å². The molecule has 1 aliphatic rings. The summed E-state index contributed by atoms with van der Waals surface area (Å²) in [6.45, 7) is 15.6. The summed E-state index contributed by atoms with van der Waals surface area (Å²) in [5, 5.41) is 0. The van der Waals surface area contributed by atoms with Crippen LogP contribution < -0.4 is 0 Å². The number of hydrogen-bond donors (Lipinski definition) is 0. The summed E-state index contributed by atoms with van der Waals surface area (Å²) in [6, 6.07) is 0. The van der Waals surface area contributed by atoms with Gasteiger partial charge in [-0.25, -0.2) is 0 Å². The van der Waals surface area contributed by atoms with E-state index < -0.39 is 8.32 Å². The molecule has 0 aliphatic carbocycles. The van der Waals surface area contributed by atoms with Crippen LogP contribution in [0.3, 0.4) is 0 Å². The first-order valence-electron chi connectivity index (χ1n) is 5.57. The van der Waals surface area contributed by atoms with E-state index in [1.165, 1.54) is 0 Å². The second-order valence-electron chi connectivity index (χ2n) is 5.46. The van der Waals surface area contributed by atoms with Gasteiger partial charge in [0.05, 0.1) is 5.41 Å². The minimum atomic E-state index is -1.65. The lowest BCUT2D eigenvalue weighted by Gasteiger charge is -2.34. The lowest BCUT2D eigenvalue weighted by molar-refractivity contribution is 0.0699. The molecule has 1 aliphatic heterocycles. The lowest BCUT2D eigenvalue weighted by atomic mass is 9.89. The van der Waals surface area contributed by atoms with Crippen molar-refractivity contribution in [1.82, 2.24) is 0 Å². The van der Waals surface area contributed by atoms with Crippen molar-refractivity contribution in [3.63, 3.8) is 0 Å². The topological polar surface area (TPSA) is 27.7 Å². The van der Waals surface area contributed by atoms with E-state index in [1.54, 1.807) is 6.26 Å². The largest absolute Gasteiger partial charge is 0.544 e. The molecule has 0 aromatic heterocycles. The molecule has 0 N–H and O–H groups in total. The molecule has 0 aromatic rings. The summed E-state index contributed by atoms with van der Waals surface area (Å²) in [5.41, 5.74) is -0.333. The minimum Gasteiger partial charge on any atom is -0.544 e. The van der Waals surface area contributed by atoms with Gasteiger partial charge in [0.2, 0.25) is 8.32 Å². The van der Waals surface area contributed by atoms with Crippen LogP contribution >= 0.6 is 0 Å². The molecule has 0 saturated heterocycles. The smallest absolute Gasteiger partial charge is 0.241 e. The summed E-state index contributed by atoms with van der Waals surface area (Å²) < 4.78 is 16.9. The zero-order chi connectivity index (χ0) is 12.4. The average molecular weight is 242 g/mol. The van der Waals surface area contributed by atoms with Crippen LogP contribution in [0.4, 0.5) is 0 Å². The average Bonchev–Trinajstić information content (AvgIpc) is 2.11. The van der Waals surface area contributed by atoms with Gasteiger partial charge in [-0.15, -0.1) is 0 Å². The van der Waals surface area contributed by atoms with Gasteiger partial charge in [0.25, 0.3) is 0 Å². The molecule has 0 aromatic carbocycles. The van der Waals surface area contributed by atoms with Crippen molar-refractivity contribution < 1.29 is 13.9 Å². The molecule has 1 rings (SSSR count). The van der Waals surface area contributed by atoms with Crippen molar-refractivity contribution in [2.45, 2.75) is 33.5 Å². The highest BCUT2D eigenvalue weighted by molar-refractivity contribution is 6.70. The second kappa shape index (κ2) is 4.53. The molecule has 0 saturated carbocycles. The molecule has 0 unspecified atom stereocenters. The fourth-order valence-electron chi connectivity index (χ4n) is 1.29. The molecule has 0 fully saturated rings. The maximum absolute atomic E-state index is 6.03. The summed E-state index contributed by atoms with van der Waals surface area (Å²) in [5.74, 6) is 1.55. The lowest BCUT2D eigenvalue weighted by Crippen LogP contribution is -2.32. The molecule has 0 spiro atoms. The van der Waals surface area contributed by atoms with Gasteiger partial charge < -0.3 is 13.9 Å². The summed E-state index contributed by atoms with van der Waals surface area (Å²) in [6.07, 6.45) is 1.71. The third-order valence-electron chi connectivity index (χ3n) is 2.40. The van der Waals surface area contributed by atoms with Gasteiger partial charge >= 0.3 is 0 Å². The highest BCUT2D eigenvalue weighted by Crippen LogP contribution is 2.37. The van der Waals surface area contributed by atoms with E-state index in [2.05, 4.69) is 26.2 Å². The maximum Gasteiger partial charge on any atom is 0.241 e. The van der Waals surface area contributed by atoms with Gasteiger partial charge in [-0.3, -0.25) is 0 Å². The quantitative estimate of drug-likeness (QED) is 0.696. The molecule has 0 atom stereocenters. The molecule has 16 heavy (non-hydrogen) atoms. The fraction of sp³-hybridized carbons (Fsp3) is 0.667. The predicted molar refractivity (Wildman–Crippen MR) is 67.3 cm³/mol. The SMILES string of the molecule is C=C1OCCO/C=C(/O[Si](C)(C)C)C1(C)C. The van der Waals surface area contributed by atoms with E-state index in [0.717, 1.165) is 11.5 Å². The Balaban J connectivity index is 2.95. The van der Waals surface area contributed by atoms with Gasteiger partial charge in [0, 0.05) is 0 Å². The minimum absolute atomic E-state index is 0.333. The van der Waals surface area contributed by atoms with Gasteiger partial charge in [-0.1, -0.05) is 6.58 Å². The molecule has 3 nitrogen and oxygen atoms in total. The van der Waals surface area contributed by atoms with Crippen LogP contribution in [-0.4, -0.2) is 21.5 Å². The molecule has 0 bridgehead atoms. The Morgan fingerprint density at radius 2 is 1.94 bits per heavy atom. The van der Waals surface area contributed by atoms with E-state index in [-0.39, 0.29) is 5.41 Å². The van der Waals surface area contributed by atoms with Crippen molar-refractivity contribution in [1.29, 1.82) is 0 Å². The molecule has 4 heteroatoms. The Bertz CT molecular complexity index is 300. The van der Waals surface area contributed by atoms with Crippen LogP contribution in [0, 0.1) is 5.41 Å². The monoisotopic (exact) mass is 242 g/mol.